The van der Waals surface area contributed by atoms with Gasteiger partial charge in [0, 0.05) is 0 Å². The van der Waals surface area contributed by atoms with E-state index in [-0.39, 0.29) is 0 Å². The van der Waals surface area contributed by atoms with Gasteiger partial charge in [0.25, 0.3) is 0 Å². The number of para-hydroxylation sites is 1. The molecule has 0 bridgehead atoms. The van der Waals surface area contributed by atoms with Crippen LogP contribution in [0.5, 0.6) is 11.5 Å². The van der Waals surface area contributed by atoms with Crippen molar-refractivity contribution in [1.29, 1.82) is 0 Å². The number of halogens is 1. The van der Waals surface area contributed by atoms with Crippen LogP contribution in [0.1, 0.15) is 18.9 Å². The topological polar surface area (TPSA) is 55.7 Å². The fourth-order valence-electron chi connectivity index (χ4n) is 2.24. The standard InChI is InChI=1S/C18H18IN3O2S/c1-3-8-24-17-13(19)9-12(10-15(17)23-2)11-20-22-18-21-14-6-4-5-7-16(14)25-18/h4-7,9-11H,3,8H2,1-2H3,(H,21,22)/b20-11+. The van der Waals surface area contributed by atoms with Crippen LogP contribution in [0.25, 0.3) is 10.2 Å². The van der Waals surface area contributed by atoms with E-state index in [4.69, 9.17) is 9.47 Å². The van der Waals surface area contributed by atoms with Gasteiger partial charge in [-0.05, 0) is 58.8 Å². The molecule has 1 heterocycles. The lowest BCUT2D eigenvalue weighted by molar-refractivity contribution is 0.292. The molecule has 1 aromatic heterocycles. The van der Waals surface area contributed by atoms with Crippen molar-refractivity contribution in [2.45, 2.75) is 13.3 Å². The monoisotopic (exact) mass is 467 g/mol. The number of fused-ring (bicyclic) bond motifs is 1. The third-order valence-corrected chi connectivity index (χ3v) is 5.11. The Labute approximate surface area is 164 Å². The predicted molar refractivity (Wildman–Crippen MR) is 112 cm³/mol. The van der Waals surface area contributed by atoms with Gasteiger partial charge in [0.05, 0.1) is 33.7 Å². The number of hydrazone groups is 1. The van der Waals surface area contributed by atoms with Gasteiger partial charge in [-0.2, -0.15) is 5.10 Å². The summed E-state index contributed by atoms with van der Waals surface area (Å²) in [5.41, 5.74) is 4.89. The maximum atomic E-state index is 5.77. The summed E-state index contributed by atoms with van der Waals surface area (Å²) in [6, 6.07) is 11.9. The molecule has 7 heteroatoms. The lowest BCUT2D eigenvalue weighted by Gasteiger charge is -2.12. The number of rotatable bonds is 7. The lowest BCUT2D eigenvalue weighted by Crippen LogP contribution is -2.01. The van der Waals surface area contributed by atoms with Crippen molar-refractivity contribution in [2.75, 3.05) is 19.1 Å². The summed E-state index contributed by atoms with van der Waals surface area (Å²) in [5.74, 6) is 1.49. The van der Waals surface area contributed by atoms with Crippen molar-refractivity contribution in [2.24, 2.45) is 5.10 Å². The number of methoxy groups -OCH3 is 1. The molecule has 3 aromatic rings. The van der Waals surface area contributed by atoms with Gasteiger partial charge in [-0.3, -0.25) is 5.43 Å². The second-order valence-corrected chi connectivity index (χ2v) is 7.43. The first kappa shape index (κ1) is 17.9. The highest BCUT2D eigenvalue weighted by molar-refractivity contribution is 14.1. The summed E-state index contributed by atoms with van der Waals surface area (Å²) in [6.07, 6.45) is 2.70. The second-order valence-electron chi connectivity index (χ2n) is 5.24. The van der Waals surface area contributed by atoms with Crippen molar-refractivity contribution in [3.8, 4) is 11.5 Å². The minimum atomic E-state index is 0.666. The molecule has 0 aliphatic carbocycles. The average molecular weight is 467 g/mol. The van der Waals surface area contributed by atoms with E-state index in [0.717, 1.165) is 36.7 Å². The highest BCUT2D eigenvalue weighted by Gasteiger charge is 2.10. The van der Waals surface area contributed by atoms with Crippen LogP contribution in [0.4, 0.5) is 5.13 Å². The summed E-state index contributed by atoms with van der Waals surface area (Å²) in [4.78, 5) is 4.49. The number of ether oxygens (including phenoxy) is 2. The Hall–Kier alpha value is -1.87. The SMILES string of the molecule is CCCOc1c(I)cc(/C=N/Nc2nc3ccccc3s2)cc1OC. The van der Waals surface area contributed by atoms with E-state index in [9.17, 15) is 0 Å². The Morgan fingerprint density at radius 1 is 1.32 bits per heavy atom. The zero-order valence-electron chi connectivity index (χ0n) is 14.0. The summed E-state index contributed by atoms with van der Waals surface area (Å²) < 4.78 is 13.3. The molecule has 130 valence electrons. The van der Waals surface area contributed by atoms with E-state index in [1.165, 1.54) is 0 Å². The van der Waals surface area contributed by atoms with E-state index >= 15 is 0 Å². The highest BCUT2D eigenvalue weighted by Crippen LogP contribution is 2.33. The Morgan fingerprint density at radius 2 is 2.16 bits per heavy atom. The van der Waals surface area contributed by atoms with E-state index in [2.05, 4.69) is 45.0 Å². The lowest BCUT2D eigenvalue weighted by atomic mass is 10.2. The first-order valence-corrected chi connectivity index (χ1v) is 9.75. The molecular weight excluding hydrogens is 449 g/mol. The predicted octanol–water partition coefficient (Wildman–Crippen LogP) is 5.14. The maximum Gasteiger partial charge on any atom is 0.204 e. The van der Waals surface area contributed by atoms with Crippen LogP contribution in [-0.4, -0.2) is 24.9 Å². The molecule has 0 radical (unpaired) electrons. The Balaban J connectivity index is 1.75. The highest BCUT2D eigenvalue weighted by atomic mass is 127. The van der Waals surface area contributed by atoms with Gasteiger partial charge >= 0.3 is 0 Å². The number of hydrogen-bond acceptors (Lipinski definition) is 6. The molecule has 0 aliphatic heterocycles. The molecular formula is C18H18IN3O2S. The minimum absolute atomic E-state index is 0.666. The fourth-order valence-corrected chi connectivity index (χ4v) is 3.84. The summed E-state index contributed by atoms with van der Waals surface area (Å²) in [5, 5.41) is 5.05. The summed E-state index contributed by atoms with van der Waals surface area (Å²) in [7, 11) is 1.64. The van der Waals surface area contributed by atoms with Gasteiger partial charge in [-0.1, -0.05) is 30.4 Å². The first-order valence-electron chi connectivity index (χ1n) is 7.86. The van der Waals surface area contributed by atoms with Gasteiger partial charge in [0.15, 0.2) is 11.5 Å². The molecule has 25 heavy (non-hydrogen) atoms. The molecule has 0 aliphatic rings. The molecule has 0 unspecified atom stereocenters. The van der Waals surface area contributed by atoms with E-state index < -0.39 is 0 Å². The third kappa shape index (κ3) is 4.40. The Kier molecular flexibility index (Phi) is 6.09. The molecule has 0 fully saturated rings. The fraction of sp³-hybridized carbons (Fsp3) is 0.222. The van der Waals surface area contributed by atoms with E-state index in [1.54, 1.807) is 24.7 Å². The van der Waals surface area contributed by atoms with Gasteiger partial charge in [-0.25, -0.2) is 4.98 Å². The second kappa shape index (κ2) is 8.48. The first-order chi connectivity index (χ1) is 12.2. The van der Waals surface area contributed by atoms with Crippen LogP contribution in [0.15, 0.2) is 41.5 Å². The maximum absolute atomic E-state index is 5.77. The van der Waals surface area contributed by atoms with Crippen LogP contribution in [-0.2, 0) is 0 Å². The van der Waals surface area contributed by atoms with Crippen molar-refractivity contribution in [1.82, 2.24) is 4.98 Å². The Morgan fingerprint density at radius 3 is 2.92 bits per heavy atom. The molecule has 1 N–H and O–H groups in total. The molecule has 2 aromatic carbocycles. The normalized spacial score (nSPS) is 11.2. The third-order valence-electron chi connectivity index (χ3n) is 3.37. The average Bonchev–Trinajstić information content (AvgIpc) is 3.03. The number of nitrogens with zero attached hydrogens (tertiary/aromatic N) is 2. The molecule has 0 saturated carbocycles. The van der Waals surface area contributed by atoms with Crippen LogP contribution in [0, 0.1) is 3.57 Å². The van der Waals surface area contributed by atoms with E-state index in [0.29, 0.717) is 12.4 Å². The largest absolute Gasteiger partial charge is 0.493 e. The van der Waals surface area contributed by atoms with Crippen molar-refractivity contribution in [3.63, 3.8) is 0 Å². The van der Waals surface area contributed by atoms with Crippen LogP contribution >= 0.6 is 33.9 Å². The summed E-state index contributed by atoms with van der Waals surface area (Å²) >= 11 is 3.82. The van der Waals surface area contributed by atoms with Crippen molar-refractivity contribution < 1.29 is 9.47 Å². The zero-order chi connectivity index (χ0) is 17.6. The number of benzene rings is 2. The molecule has 5 nitrogen and oxygen atoms in total. The number of aromatic nitrogens is 1. The van der Waals surface area contributed by atoms with E-state index in [1.807, 2.05) is 36.4 Å². The molecule has 3 rings (SSSR count). The number of nitrogens with one attached hydrogen (secondary N) is 1. The molecule has 0 amide bonds. The van der Waals surface area contributed by atoms with Gasteiger partial charge in [0.2, 0.25) is 5.13 Å². The quantitative estimate of drug-likeness (QED) is 0.297. The number of hydrogen-bond donors (Lipinski definition) is 1. The van der Waals surface area contributed by atoms with Gasteiger partial charge in [0.1, 0.15) is 0 Å². The number of thiazole rings is 1. The molecule has 0 atom stereocenters. The molecule has 0 spiro atoms. The van der Waals surface area contributed by atoms with Crippen LogP contribution in [0.3, 0.4) is 0 Å². The Bertz CT molecular complexity index is 862. The minimum Gasteiger partial charge on any atom is -0.493 e. The zero-order valence-corrected chi connectivity index (χ0v) is 16.9. The van der Waals surface area contributed by atoms with Gasteiger partial charge < -0.3 is 9.47 Å². The number of anilines is 1. The van der Waals surface area contributed by atoms with Gasteiger partial charge in [-0.15, -0.1) is 0 Å². The smallest absolute Gasteiger partial charge is 0.204 e. The van der Waals surface area contributed by atoms with Crippen LogP contribution < -0.4 is 14.9 Å². The molecule has 0 saturated heterocycles. The summed E-state index contributed by atoms with van der Waals surface area (Å²) in [6.45, 7) is 2.74. The van der Waals surface area contributed by atoms with Crippen molar-refractivity contribution in [3.05, 3.63) is 45.5 Å². The van der Waals surface area contributed by atoms with Crippen LogP contribution in [0.2, 0.25) is 0 Å². The van der Waals surface area contributed by atoms with Crippen molar-refractivity contribution >= 4 is 55.5 Å².